The van der Waals surface area contributed by atoms with Crippen LogP contribution in [0.3, 0.4) is 0 Å². The molecule has 0 aliphatic heterocycles. The molecule has 0 fully saturated rings. The van der Waals surface area contributed by atoms with Crippen LogP contribution in [0.25, 0.3) is 5.69 Å². The zero-order valence-electron chi connectivity index (χ0n) is 13.6. The van der Waals surface area contributed by atoms with Crippen molar-refractivity contribution in [3.05, 3.63) is 76.3 Å². The number of aromatic nitrogens is 2. The second kappa shape index (κ2) is 7.85. The van der Waals surface area contributed by atoms with Crippen molar-refractivity contribution in [3.8, 4) is 11.4 Å². The fourth-order valence-electron chi connectivity index (χ4n) is 2.33. The van der Waals surface area contributed by atoms with Gasteiger partial charge in [-0.15, -0.1) is 11.8 Å². The maximum atomic E-state index is 12.5. The number of benzene rings is 2. The number of aromatic amines is 1. The molecule has 0 atom stereocenters. The third-order valence-corrected chi connectivity index (χ3v) is 4.59. The third-order valence-electron chi connectivity index (χ3n) is 3.59. The SMILES string of the molecule is COc1ccc(-[n+]2[nH]oc(=O)c2C(=O)CSCc2ccccc2)cc1. The van der Waals surface area contributed by atoms with Crippen LogP contribution in [0, 0.1) is 0 Å². The first-order valence-electron chi connectivity index (χ1n) is 7.62. The number of hydrogen-bond donors (Lipinski definition) is 1. The maximum Gasteiger partial charge on any atom is 0.438 e. The minimum Gasteiger partial charge on any atom is -0.497 e. The molecule has 0 aliphatic rings. The van der Waals surface area contributed by atoms with E-state index in [0.29, 0.717) is 17.2 Å². The number of H-pyrrole nitrogens is 1. The summed E-state index contributed by atoms with van der Waals surface area (Å²) in [5.74, 6) is 1.28. The van der Waals surface area contributed by atoms with Crippen LogP contribution < -0.4 is 15.0 Å². The number of hydrogen-bond acceptors (Lipinski definition) is 5. The molecule has 0 radical (unpaired) electrons. The molecule has 6 nitrogen and oxygen atoms in total. The molecule has 0 aliphatic carbocycles. The Labute approximate surface area is 148 Å². The van der Waals surface area contributed by atoms with Gasteiger partial charge in [0, 0.05) is 17.9 Å². The van der Waals surface area contributed by atoms with Crippen LogP contribution in [-0.4, -0.2) is 23.9 Å². The Morgan fingerprint density at radius 3 is 2.56 bits per heavy atom. The standard InChI is InChI=1S/C18H16N2O4S/c1-23-15-9-7-14(8-10-15)20-17(18(22)24-19-20)16(21)12-25-11-13-5-3-2-4-6-13/h2-10H,11-12H2,1H3/p+1. The summed E-state index contributed by atoms with van der Waals surface area (Å²) in [5.41, 5.74) is 1.04. The van der Waals surface area contributed by atoms with Crippen LogP contribution in [0.2, 0.25) is 0 Å². The van der Waals surface area contributed by atoms with E-state index < -0.39 is 5.63 Å². The maximum absolute atomic E-state index is 12.5. The highest BCUT2D eigenvalue weighted by atomic mass is 32.2. The summed E-state index contributed by atoms with van der Waals surface area (Å²) in [6.45, 7) is 0. The van der Waals surface area contributed by atoms with E-state index in [4.69, 9.17) is 9.26 Å². The summed E-state index contributed by atoms with van der Waals surface area (Å²) in [7, 11) is 1.57. The van der Waals surface area contributed by atoms with Crippen molar-refractivity contribution in [2.24, 2.45) is 0 Å². The molecule has 1 N–H and O–H groups in total. The van der Waals surface area contributed by atoms with Crippen molar-refractivity contribution in [2.45, 2.75) is 5.75 Å². The topological polar surface area (TPSA) is 76.2 Å². The summed E-state index contributed by atoms with van der Waals surface area (Å²) in [5, 5.41) is 2.48. The molecule has 3 rings (SSSR count). The fourth-order valence-corrected chi connectivity index (χ4v) is 3.18. The zero-order chi connectivity index (χ0) is 17.6. The van der Waals surface area contributed by atoms with E-state index in [0.717, 1.165) is 5.56 Å². The number of ether oxygens (including phenoxy) is 1. The second-order valence-corrected chi connectivity index (χ2v) is 6.25. The first-order chi connectivity index (χ1) is 12.2. The number of methoxy groups -OCH3 is 1. The molecule has 0 saturated heterocycles. The van der Waals surface area contributed by atoms with Crippen LogP contribution >= 0.6 is 11.8 Å². The number of carbonyl (C=O) groups excluding carboxylic acids is 1. The monoisotopic (exact) mass is 357 g/mol. The normalized spacial score (nSPS) is 10.6. The lowest BCUT2D eigenvalue weighted by Gasteiger charge is -2.00. The van der Waals surface area contributed by atoms with Crippen LogP contribution in [-0.2, 0) is 5.75 Å². The Kier molecular flexibility index (Phi) is 5.35. The van der Waals surface area contributed by atoms with Crippen molar-refractivity contribution in [2.75, 3.05) is 12.9 Å². The smallest absolute Gasteiger partial charge is 0.438 e. The highest BCUT2D eigenvalue weighted by Crippen LogP contribution is 2.14. The summed E-state index contributed by atoms with van der Waals surface area (Å²) in [4.78, 5) is 24.4. The highest BCUT2D eigenvalue weighted by molar-refractivity contribution is 7.99. The molecule has 7 heteroatoms. The van der Waals surface area contributed by atoms with E-state index in [2.05, 4.69) is 5.27 Å². The van der Waals surface area contributed by atoms with Gasteiger partial charge in [0.1, 0.15) is 5.75 Å². The summed E-state index contributed by atoms with van der Waals surface area (Å²) < 4.78 is 11.3. The lowest BCUT2D eigenvalue weighted by atomic mass is 10.2. The first-order valence-corrected chi connectivity index (χ1v) is 8.77. The molecule has 0 unspecified atom stereocenters. The van der Waals surface area contributed by atoms with Gasteiger partial charge in [0.2, 0.25) is 11.5 Å². The van der Waals surface area contributed by atoms with Gasteiger partial charge in [-0.25, -0.2) is 4.79 Å². The minimum atomic E-state index is -0.680. The van der Waals surface area contributed by atoms with Crippen molar-refractivity contribution in [1.82, 2.24) is 5.27 Å². The number of carbonyl (C=O) groups is 1. The van der Waals surface area contributed by atoms with Crippen molar-refractivity contribution >= 4 is 17.5 Å². The number of ketones is 1. The van der Waals surface area contributed by atoms with Crippen LogP contribution in [0.4, 0.5) is 0 Å². The van der Waals surface area contributed by atoms with Gasteiger partial charge >= 0.3 is 11.3 Å². The van der Waals surface area contributed by atoms with Gasteiger partial charge in [-0.05, 0) is 27.6 Å². The van der Waals surface area contributed by atoms with Crippen molar-refractivity contribution in [3.63, 3.8) is 0 Å². The molecule has 3 aromatic rings. The molecule has 25 heavy (non-hydrogen) atoms. The Morgan fingerprint density at radius 2 is 1.88 bits per heavy atom. The van der Waals surface area contributed by atoms with Gasteiger partial charge in [-0.2, -0.15) is 0 Å². The van der Waals surface area contributed by atoms with Gasteiger partial charge in [-0.3, -0.25) is 9.32 Å². The Bertz CT molecular complexity index is 901. The molecule has 1 heterocycles. The van der Waals surface area contributed by atoms with E-state index in [1.54, 1.807) is 31.4 Å². The van der Waals surface area contributed by atoms with Crippen LogP contribution in [0.1, 0.15) is 16.1 Å². The lowest BCUT2D eigenvalue weighted by Crippen LogP contribution is -2.41. The first kappa shape index (κ1) is 17.0. The average molecular weight is 357 g/mol. The Balaban J connectivity index is 1.74. The number of nitrogens with zero attached hydrogens (tertiary/aromatic N) is 1. The number of rotatable bonds is 7. The lowest BCUT2D eigenvalue weighted by molar-refractivity contribution is -0.672. The highest BCUT2D eigenvalue weighted by Gasteiger charge is 2.30. The molecular weight excluding hydrogens is 340 g/mol. The summed E-state index contributed by atoms with van der Waals surface area (Å²) in [6.07, 6.45) is 0. The fraction of sp³-hybridized carbons (Fsp3) is 0.167. The van der Waals surface area contributed by atoms with E-state index in [-0.39, 0.29) is 17.2 Å². The molecule has 0 amide bonds. The van der Waals surface area contributed by atoms with Gasteiger partial charge in [0.15, 0.2) is 0 Å². The Morgan fingerprint density at radius 1 is 1.16 bits per heavy atom. The molecular formula is C18H17N2O4S+. The van der Waals surface area contributed by atoms with E-state index >= 15 is 0 Å². The van der Waals surface area contributed by atoms with Crippen molar-refractivity contribution < 1.29 is 18.7 Å². The molecule has 128 valence electrons. The number of thioether (sulfide) groups is 1. The predicted octanol–water partition coefficient (Wildman–Crippen LogP) is 2.37. The van der Waals surface area contributed by atoms with Gasteiger partial charge < -0.3 is 4.74 Å². The van der Waals surface area contributed by atoms with E-state index in [9.17, 15) is 9.59 Å². The summed E-state index contributed by atoms with van der Waals surface area (Å²) in [6, 6.07) is 16.8. The summed E-state index contributed by atoms with van der Waals surface area (Å²) >= 11 is 1.45. The molecule has 0 saturated carbocycles. The minimum absolute atomic E-state index is 0.0225. The molecule has 2 aromatic carbocycles. The van der Waals surface area contributed by atoms with Gasteiger partial charge in [0.25, 0.3) is 0 Å². The van der Waals surface area contributed by atoms with Gasteiger partial charge in [-0.1, -0.05) is 30.3 Å². The molecule has 1 aromatic heterocycles. The average Bonchev–Trinajstić information content (AvgIpc) is 3.04. The van der Waals surface area contributed by atoms with E-state index in [1.807, 2.05) is 30.3 Å². The van der Waals surface area contributed by atoms with Crippen LogP contribution in [0.5, 0.6) is 5.75 Å². The molecule has 0 bridgehead atoms. The van der Waals surface area contributed by atoms with Crippen molar-refractivity contribution in [1.29, 1.82) is 0 Å². The second-order valence-electron chi connectivity index (χ2n) is 5.26. The predicted molar refractivity (Wildman–Crippen MR) is 94.3 cm³/mol. The largest absolute Gasteiger partial charge is 0.497 e. The number of Topliss-reactive ketones (excluding diaryl/α,β-unsaturated/α-hetero) is 1. The molecule has 0 spiro atoms. The van der Waals surface area contributed by atoms with E-state index in [1.165, 1.54) is 16.4 Å². The third kappa shape index (κ3) is 4.00. The quantitative estimate of drug-likeness (QED) is 0.519. The van der Waals surface area contributed by atoms with Gasteiger partial charge in [0.05, 0.1) is 12.9 Å². The Hall–Kier alpha value is -2.80. The number of nitrogens with one attached hydrogen (secondary N) is 1. The van der Waals surface area contributed by atoms with Crippen LogP contribution in [0.15, 0.2) is 63.9 Å². The zero-order valence-corrected chi connectivity index (χ0v) is 14.4.